The Bertz CT molecular complexity index is 1380. The lowest BCUT2D eigenvalue weighted by Gasteiger charge is -2.06. The van der Waals surface area contributed by atoms with E-state index < -0.39 is 0 Å². The Kier molecular flexibility index (Phi) is 4.78. The highest BCUT2D eigenvalue weighted by molar-refractivity contribution is 6.61. The van der Waals surface area contributed by atoms with Crippen molar-refractivity contribution in [2.24, 2.45) is 9.98 Å². The molecule has 0 fully saturated rings. The maximum atomic E-state index is 12.6. The third-order valence-corrected chi connectivity index (χ3v) is 5.72. The number of rotatable bonds is 5. The molecular weight excluding hydrogens is 414 g/mol. The fourth-order valence-corrected chi connectivity index (χ4v) is 3.88. The second-order valence-corrected chi connectivity index (χ2v) is 8.01. The van der Waals surface area contributed by atoms with Gasteiger partial charge in [0.1, 0.15) is 17.5 Å². The van der Waals surface area contributed by atoms with Crippen molar-refractivity contribution in [2.75, 3.05) is 0 Å². The Morgan fingerprint density at radius 2 is 2.06 bits per heavy atom. The highest BCUT2D eigenvalue weighted by Gasteiger charge is 2.20. The summed E-state index contributed by atoms with van der Waals surface area (Å²) in [6.45, 7) is 4.25. The van der Waals surface area contributed by atoms with Gasteiger partial charge in [0.05, 0.1) is 36.0 Å². The van der Waals surface area contributed by atoms with Crippen LogP contribution in [0.25, 0.3) is 11.2 Å². The van der Waals surface area contributed by atoms with Crippen LogP contribution in [0.1, 0.15) is 22.5 Å². The number of carbonyl (C=O) groups excluding carboxylic acids is 1. The van der Waals surface area contributed by atoms with E-state index in [-0.39, 0.29) is 18.6 Å². The Labute approximate surface area is 183 Å². The van der Waals surface area contributed by atoms with Gasteiger partial charge in [-0.1, -0.05) is 17.7 Å². The van der Waals surface area contributed by atoms with Crippen molar-refractivity contribution in [1.82, 2.24) is 24.1 Å². The number of pyridine rings is 2. The van der Waals surface area contributed by atoms with Crippen LogP contribution in [-0.4, -0.2) is 42.8 Å². The minimum atomic E-state index is -0.346. The maximum Gasteiger partial charge on any atom is 0.271 e. The molecule has 0 spiro atoms. The number of halogens is 1. The van der Waals surface area contributed by atoms with Gasteiger partial charge in [-0.3, -0.25) is 14.8 Å². The van der Waals surface area contributed by atoms with Gasteiger partial charge in [-0.2, -0.15) is 0 Å². The second-order valence-electron chi connectivity index (χ2n) is 7.60. The molecule has 4 aromatic rings. The number of nitrogens with one attached hydrogen (secondary N) is 1. The highest BCUT2D eigenvalue weighted by Crippen LogP contribution is 2.22. The minimum absolute atomic E-state index is 0.278. The summed E-state index contributed by atoms with van der Waals surface area (Å²) in [5, 5.41) is 3.54. The first-order chi connectivity index (χ1) is 15.0. The van der Waals surface area contributed by atoms with Crippen LogP contribution < -0.4 is 5.32 Å². The van der Waals surface area contributed by atoms with Gasteiger partial charge in [0.15, 0.2) is 0 Å². The van der Waals surface area contributed by atoms with Crippen LogP contribution in [-0.2, 0) is 17.8 Å². The molecule has 1 aliphatic rings. The summed E-state index contributed by atoms with van der Waals surface area (Å²) in [6.07, 6.45) is 9.28. The summed E-state index contributed by atoms with van der Waals surface area (Å²) in [6, 6.07) is 5.83. The lowest BCUT2D eigenvalue weighted by atomic mass is 10.2. The molecule has 1 atom stereocenters. The number of amides is 1. The van der Waals surface area contributed by atoms with Gasteiger partial charge in [0.25, 0.3) is 5.91 Å². The molecule has 1 unspecified atom stereocenters. The molecule has 0 aromatic carbocycles. The lowest BCUT2D eigenvalue weighted by Crippen LogP contribution is -2.31. The number of aliphatic imine (C=N–C) groups is 2. The van der Waals surface area contributed by atoms with E-state index in [1.54, 1.807) is 6.33 Å². The summed E-state index contributed by atoms with van der Waals surface area (Å²) in [5.74, 6) is -0.280. The predicted octanol–water partition coefficient (Wildman–Crippen LogP) is 2.96. The van der Waals surface area contributed by atoms with Crippen LogP contribution in [0.4, 0.5) is 0 Å². The first-order valence-electron chi connectivity index (χ1n) is 9.92. The molecule has 0 saturated heterocycles. The van der Waals surface area contributed by atoms with E-state index in [1.807, 2.05) is 59.4 Å². The molecule has 156 valence electrons. The van der Waals surface area contributed by atoms with E-state index in [0.717, 1.165) is 33.7 Å². The molecule has 1 aliphatic heterocycles. The van der Waals surface area contributed by atoms with Gasteiger partial charge in [0.2, 0.25) is 0 Å². The van der Waals surface area contributed by atoms with Gasteiger partial charge in [0, 0.05) is 30.0 Å². The highest BCUT2D eigenvalue weighted by atomic mass is 35.5. The van der Waals surface area contributed by atoms with E-state index >= 15 is 0 Å². The molecule has 4 aromatic heterocycles. The first-order valence-corrected chi connectivity index (χ1v) is 10.3. The molecule has 5 rings (SSSR count). The zero-order valence-corrected chi connectivity index (χ0v) is 17.8. The van der Waals surface area contributed by atoms with Crippen molar-refractivity contribution in [3.05, 3.63) is 70.7 Å². The standard InChI is InChI=1S/C22H20ClN7O/c1-13-3-4-20-27-15(11-30(20)10-13)7-19-24-9-18(28-19)22(31)25-8-17-21-14(2)16(23)5-6-29(21)12-26-17/h3-6,9-12,19H,7-8H2,1-2H3,(H,25,31). The smallest absolute Gasteiger partial charge is 0.271 e. The molecule has 9 heteroatoms. The summed E-state index contributed by atoms with van der Waals surface area (Å²) in [4.78, 5) is 30.4. The second kappa shape index (κ2) is 7.63. The molecule has 0 saturated carbocycles. The summed E-state index contributed by atoms with van der Waals surface area (Å²) in [7, 11) is 0. The molecule has 8 nitrogen and oxygen atoms in total. The summed E-state index contributed by atoms with van der Waals surface area (Å²) < 4.78 is 3.88. The molecule has 5 heterocycles. The Morgan fingerprint density at radius 3 is 2.94 bits per heavy atom. The molecular formula is C22H20ClN7O. The Morgan fingerprint density at radius 1 is 1.19 bits per heavy atom. The van der Waals surface area contributed by atoms with E-state index in [9.17, 15) is 4.79 Å². The average molecular weight is 434 g/mol. The van der Waals surface area contributed by atoms with Gasteiger partial charge < -0.3 is 14.1 Å². The molecule has 31 heavy (non-hydrogen) atoms. The Balaban J connectivity index is 1.26. The fourth-order valence-electron chi connectivity index (χ4n) is 3.73. The monoisotopic (exact) mass is 433 g/mol. The lowest BCUT2D eigenvalue weighted by molar-refractivity contribution is -0.114. The summed E-state index contributed by atoms with van der Waals surface area (Å²) in [5.41, 5.74) is 5.81. The van der Waals surface area contributed by atoms with Crippen LogP contribution in [0, 0.1) is 13.8 Å². The van der Waals surface area contributed by atoms with E-state index in [4.69, 9.17) is 11.6 Å². The third-order valence-electron chi connectivity index (χ3n) is 5.31. The molecule has 0 bridgehead atoms. The average Bonchev–Trinajstić information content (AvgIpc) is 3.47. The minimum Gasteiger partial charge on any atom is -0.345 e. The number of imidazole rings is 2. The van der Waals surface area contributed by atoms with Gasteiger partial charge in [-0.25, -0.2) is 9.97 Å². The SMILES string of the molecule is Cc1ccc2nc(CC3N=CC(C(=O)NCc4ncn5ccc(Cl)c(C)c45)=N3)cn2c1. The molecule has 1 N–H and O–H groups in total. The molecule has 1 amide bonds. The topological polar surface area (TPSA) is 88.4 Å². The van der Waals surface area contributed by atoms with Crippen LogP contribution in [0.2, 0.25) is 5.02 Å². The van der Waals surface area contributed by atoms with Crippen LogP contribution in [0.15, 0.2) is 53.1 Å². The first kappa shape index (κ1) is 19.4. The van der Waals surface area contributed by atoms with Gasteiger partial charge in [-0.05, 0) is 37.1 Å². The number of aromatic nitrogens is 4. The van der Waals surface area contributed by atoms with Crippen molar-refractivity contribution < 1.29 is 4.79 Å². The number of nitrogens with zero attached hydrogens (tertiary/aromatic N) is 6. The van der Waals surface area contributed by atoms with Crippen molar-refractivity contribution in [2.45, 2.75) is 33.0 Å². The number of aryl methyl sites for hydroxylation is 2. The molecule has 0 aliphatic carbocycles. The predicted molar refractivity (Wildman–Crippen MR) is 120 cm³/mol. The largest absolute Gasteiger partial charge is 0.345 e. The van der Waals surface area contributed by atoms with E-state index in [0.29, 0.717) is 17.2 Å². The zero-order valence-electron chi connectivity index (χ0n) is 17.1. The maximum absolute atomic E-state index is 12.6. The quantitative estimate of drug-likeness (QED) is 0.524. The van der Waals surface area contributed by atoms with E-state index in [1.165, 1.54) is 6.21 Å². The van der Waals surface area contributed by atoms with Crippen LogP contribution in [0.3, 0.4) is 0 Å². The van der Waals surface area contributed by atoms with Gasteiger partial charge in [-0.15, -0.1) is 0 Å². The van der Waals surface area contributed by atoms with Crippen molar-refractivity contribution >= 4 is 40.6 Å². The third kappa shape index (κ3) is 3.70. The zero-order chi connectivity index (χ0) is 21.5. The van der Waals surface area contributed by atoms with Crippen molar-refractivity contribution in [1.29, 1.82) is 0 Å². The number of carbonyl (C=O) groups is 1. The fraction of sp³-hybridized carbons (Fsp3) is 0.227. The van der Waals surface area contributed by atoms with Crippen molar-refractivity contribution in [3.8, 4) is 0 Å². The van der Waals surface area contributed by atoms with Crippen LogP contribution >= 0.6 is 11.6 Å². The van der Waals surface area contributed by atoms with E-state index in [2.05, 4.69) is 25.3 Å². The van der Waals surface area contributed by atoms with Crippen LogP contribution in [0.5, 0.6) is 0 Å². The number of fused-ring (bicyclic) bond motifs is 2. The van der Waals surface area contributed by atoms with Crippen molar-refractivity contribution in [3.63, 3.8) is 0 Å². The summed E-state index contributed by atoms with van der Waals surface area (Å²) >= 11 is 6.23. The Hall–Kier alpha value is -3.52. The number of hydrogen-bond donors (Lipinski definition) is 1. The van der Waals surface area contributed by atoms with Gasteiger partial charge >= 0.3 is 0 Å². The molecule has 0 radical (unpaired) electrons. The number of hydrogen-bond acceptors (Lipinski definition) is 5. The normalized spacial score (nSPS) is 15.7.